The first-order chi connectivity index (χ1) is 9.30. The van der Waals surface area contributed by atoms with Crippen molar-refractivity contribution in [3.05, 3.63) is 0 Å². The lowest BCUT2D eigenvalue weighted by molar-refractivity contribution is 0.300. The van der Waals surface area contributed by atoms with Gasteiger partial charge in [-0.1, -0.05) is 39.5 Å². The minimum atomic E-state index is 0.834. The van der Waals surface area contributed by atoms with E-state index in [4.69, 9.17) is 0 Å². The molecule has 1 N–H and O–H groups in total. The van der Waals surface area contributed by atoms with Crippen LogP contribution in [0, 0.1) is 35.5 Å². The quantitative estimate of drug-likeness (QED) is 0.681. The smallest absolute Gasteiger partial charge is 0.0101 e. The van der Waals surface area contributed by atoms with Crippen molar-refractivity contribution in [3.63, 3.8) is 0 Å². The van der Waals surface area contributed by atoms with Crippen LogP contribution >= 0.6 is 0 Å². The van der Waals surface area contributed by atoms with Gasteiger partial charge in [0.15, 0.2) is 0 Å². The minimum Gasteiger partial charge on any atom is -0.317 e. The Morgan fingerprint density at radius 3 is 2.32 bits per heavy atom. The molecule has 0 aliphatic heterocycles. The standard InChI is InChI=1S/C18H33N/c1-4-6-7-12(5-2)10-15(19-3)18-16-13-8-9-14(11-13)17(16)18/h12-19H,4-11H2,1-3H3. The summed E-state index contributed by atoms with van der Waals surface area (Å²) in [5.41, 5.74) is 0. The van der Waals surface area contributed by atoms with Crippen molar-refractivity contribution < 1.29 is 0 Å². The highest BCUT2D eigenvalue weighted by atomic mass is 14.9. The molecule has 6 unspecified atom stereocenters. The summed E-state index contributed by atoms with van der Waals surface area (Å²) in [6.45, 7) is 4.72. The first-order valence-electron chi connectivity index (χ1n) is 8.97. The third kappa shape index (κ3) is 2.48. The van der Waals surface area contributed by atoms with Crippen LogP contribution in [0.15, 0.2) is 0 Å². The lowest BCUT2D eigenvalue weighted by Crippen LogP contribution is -2.32. The Labute approximate surface area is 119 Å². The molecule has 3 aliphatic carbocycles. The molecule has 0 saturated heterocycles. The van der Waals surface area contributed by atoms with Crippen LogP contribution in [0.5, 0.6) is 0 Å². The molecule has 2 bridgehead atoms. The van der Waals surface area contributed by atoms with E-state index in [1.807, 2.05) is 0 Å². The van der Waals surface area contributed by atoms with E-state index in [-0.39, 0.29) is 0 Å². The summed E-state index contributed by atoms with van der Waals surface area (Å²) in [4.78, 5) is 0. The van der Waals surface area contributed by atoms with E-state index < -0.39 is 0 Å². The molecule has 0 aromatic carbocycles. The van der Waals surface area contributed by atoms with Crippen LogP contribution in [0.2, 0.25) is 0 Å². The van der Waals surface area contributed by atoms with Gasteiger partial charge < -0.3 is 5.32 Å². The van der Waals surface area contributed by atoms with E-state index in [2.05, 4.69) is 26.2 Å². The van der Waals surface area contributed by atoms with Crippen LogP contribution in [-0.2, 0) is 0 Å². The summed E-state index contributed by atoms with van der Waals surface area (Å²) in [5.74, 6) is 6.57. The van der Waals surface area contributed by atoms with Crippen LogP contribution in [0.1, 0.15) is 65.2 Å². The molecule has 0 aromatic heterocycles. The van der Waals surface area contributed by atoms with Gasteiger partial charge in [0.1, 0.15) is 0 Å². The van der Waals surface area contributed by atoms with Crippen molar-refractivity contribution in [3.8, 4) is 0 Å². The fraction of sp³-hybridized carbons (Fsp3) is 1.00. The van der Waals surface area contributed by atoms with Crippen molar-refractivity contribution >= 4 is 0 Å². The zero-order valence-corrected chi connectivity index (χ0v) is 13.2. The highest BCUT2D eigenvalue weighted by Crippen LogP contribution is 2.70. The summed E-state index contributed by atoms with van der Waals surface area (Å²) in [7, 11) is 2.22. The molecule has 3 aliphatic rings. The van der Waals surface area contributed by atoms with E-state index in [0.29, 0.717) is 0 Å². The highest BCUT2D eigenvalue weighted by Gasteiger charge is 2.66. The van der Waals surface area contributed by atoms with Gasteiger partial charge in [-0.2, -0.15) is 0 Å². The average molecular weight is 263 g/mol. The second-order valence-corrected chi connectivity index (χ2v) is 7.61. The molecule has 19 heavy (non-hydrogen) atoms. The van der Waals surface area contributed by atoms with Gasteiger partial charge in [0.2, 0.25) is 0 Å². The lowest BCUT2D eigenvalue weighted by Gasteiger charge is -2.25. The SMILES string of the molecule is CCCCC(CC)CC(NC)C1C2C3CCC(C3)C21. The maximum absolute atomic E-state index is 3.70. The number of nitrogens with one attached hydrogen (secondary N) is 1. The van der Waals surface area contributed by atoms with Crippen molar-refractivity contribution in [2.24, 2.45) is 35.5 Å². The van der Waals surface area contributed by atoms with Gasteiger partial charge >= 0.3 is 0 Å². The van der Waals surface area contributed by atoms with Crippen LogP contribution in [0.3, 0.4) is 0 Å². The van der Waals surface area contributed by atoms with Crippen molar-refractivity contribution in [2.45, 2.75) is 71.3 Å². The molecule has 6 atom stereocenters. The summed E-state index contributed by atoms with van der Waals surface area (Å²) < 4.78 is 0. The van der Waals surface area contributed by atoms with Gasteiger partial charge in [0, 0.05) is 6.04 Å². The summed E-state index contributed by atoms with van der Waals surface area (Å²) in [6, 6.07) is 0.834. The summed E-state index contributed by atoms with van der Waals surface area (Å²) in [6.07, 6.45) is 11.8. The van der Waals surface area contributed by atoms with E-state index in [9.17, 15) is 0 Å². The third-order valence-corrected chi connectivity index (χ3v) is 6.76. The van der Waals surface area contributed by atoms with Crippen molar-refractivity contribution in [1.29, 1.82) is 0 Å². The molecule has 0 radical (unpaired) electrons. The zero-order valence-electron chi connectivity index (χ0n) is 13.2. The van der Waals surface area contributed by atoms with E-state index in [0.717, 1.165) is 41.5 Å². The Hall–Kier alpha value is -0.0400. The van der Waals surface area contributed by atoms with Gasteiger partial charge in [-0.15, -0.1) is 0 Å². The first kappa shape index (κ1) is 13.9. The number of rotatable bonds is 8. The Balaban J connectivity index is 1.54. The molecule has 1 nitrogen and oxygen atoms in total. The molecule has 0 aromatic rings. The molecular formula is C18H33N. The largest absolute Gasteiger partial charge is 0.317 e. The Morgan fingerprint density at radius 2 is 1.79 bits per heavy atom. The van der Waals surface area contributed by atoms with Crippen LogP contribution < -0.4 is 5.32 Å². The molecule has 110 valence electrons. The molecular weight excluding hydrogens is 230 g/mol. The fourth-order valence-electron chi connectivity index (χ4n) is 5.74. The number of hydrogen-bond donors (Lipinski definition) is 1. The van der Waals surface area contributed by atoms with Crippen LogP contribution in [0.25, 0.3) is 0 Å². The molecule has 3 rings (SSSR count). The maximum atomic E-state index is 3.70. The van der Waals surface area contributed by atoms with E-state index in [1.54, 1.807) is 19.3 Å². The molecule has 0 spiro atoms. The van der Waals surface area contributed by atoms with E-state index in [1.165, 1.54) is 32.1 Å². The summed E-state index contributed by atoms with van der Waals surface area (Å²) >= 11 is 0. The van der Waals surface area contributed by atoms with Crippen LogP contribution in [-0.4, -0.2) is 13.1 Å². The maximum Gasteiger partial charge on any atom is 0.0101 e. The highest BCUT2D eigenvalue weighted by molar-refractivity contribution is 5.15. The normalized spacial score (nSPS) is 42.2. The van der Waals surface area contributed by atoms with Gasteiger partial charge in [0.05, 0.1) is 0 Å². The Bertz CT molecular complexity index is 284. The Kier molecular flexibility index (Phi) is 4.22. The van der Waals surface area contributed by atoms with Crippen molar-refractivity contribution in [1.82, 2.24) is 5.32 Å². The van der Waals surface area contributed by atoms with Gasteiger partial charge in [0.25, 0.3) is 0 Å². The average Bonchev–Trinajstić information content (AvgIpc) is 2.87. The molecule has 0 heterocycles. The topological polar surface area (TPSA) is 12.0 Å². The second kappa shape index (κ2) is 5.76. The second-order valence-electron chi connectivity index (χ2n) is 7.61. The van der Waals surface area contributed by atoms with Gasteiger partial charge in [-0.3, -0.25) is 0 Å². The van der Waals surface area contributed by atoms with Gasteiger partial charge in [-0.05, 0) is 68.2 Å². The predicted molar refractivity (Wildman–Crippen MR) is 82.1 cm³/mol. The Morgan fingerprint density at radius 1 is 1.11 bits per heavy atom. The zero-order chi connectivity index (χ0) is 13.4. The number of hydrogen-bond acceptors (Lipinski definition) is 1. The molecule has 3 fully saturated rings. The van der Waals surface area contributed by atoms with Crippen molar-refractivity contribution in [2.75, 3.05) is 7.05 Å². The number of unbranched alkanes of at least 4 members (excludes halogenated alkanes) is 1. The fourth-order valence-corrected chi connectivity index (χ4v) is 5.74. The predicted octanol–water partition coefficient (Wildman–Crippen LogP) is 4.47. The van der Waals surface area contributed by atoms with E-state index >= 15 is 0 Å². The third-order valence-electron chi connectivity index (χ3n) is 6.76. The summed E-state index contributed by atoms with van der Waals surface area (Å²) in [5, 5.41) is 3.70. The number of fused-ring (bicyclic) bond motifs is 5. The molecule has 0 amide bonds. The monoisotopic (exact) mass is 263 g/mol. The minimum absolute atomic E-state index is 0.834. The molecule has 1 heteroatoms. The van der Waals surface area contributed by atoms with Crippen LogP contribution in [0.4, 0.5) is 0 Å². The molecule has 3 saturated carbocycles. The first-order valence-corrected chi connectivity index (χ1v) is 8.97. The lowest BCUT2D eigenvalue weighted by atomic mass is 9.87. The van der Waals surface area contributed by atoms with Gasteiger partial charge in [-0.25, -0.2) is 0 Å².